The Bertz CT molecular complexity index is 810. The second-order valence-electron chi connectivity index (χ2n) is 6.56. The van der Waals surface area contributed by atoms with Crippen LogP contribution in [0.25, 0.3) is 0 Å². The van der Waals surface area contributed by atoms with Crippen LogP contribution in [-0.4, -0.2) is 59.9 Å². The summed E-state index contributed by atoms with van der Waals surface area (Å²) in [4.78, 5) is 20.8. The van der Waals surface area contributed by atoms with Crippen molar-refractivity contribution in [2.75, 3.05) is 27.2 Å². The van der Waals surface area contributed by atoms with E-state index in [9.17, 15) is 4.79 Å². The molecule has 2 heterocycles. The third-order valence-electron chi connectivity index (χ3n) is 4.48. The van der Waals surface area contributed by atoms with Gasteiger partial charge >= 0.3 is 0 Å². The van der Waals surface area contributed by atoms with E-state index in [4.69, 9.17) is 4.74 Å². The van der Waals surface area contributed by atoms with E-state index in [1.165, 1.54) is 0 Å². The van der Waals surface area contributed by atoms with Gasteiger partial charge < -0.3 is 20.7 Å². The molecule has 1 aromatic heterocycles. The lowest BCUT2D eigenvalue weighted by Gasteiger charge is -2.25. The molecule has 0 radical (unpaired) electrons. The zero-order valence-corrected chi connectivity index (χ0v) is 19.1. The number of carbonyl (C=O) groups is 1. The molecule has 0 aliphatic carbocycles. The number of benzene rings is 1. The molecule has 1 aliphatic heterocycles. The van der Waals surface area contributed by atoms with Gasteiger partial charge in [-0.2, -0.15) is 5.10 Å². The van der Waals surface area contributed by atoms with Crippen LogP contribution in [0.4, 0.5) is 0 Å². The summed E-state index contributed by atoms with van der Waals surface area (Å²) in [6.07, 6.45) is 1.81. The number of aliphatic imine (C=N–C) groups is 1. The second kappa shape index (κ2) is 11.7. The van der Waals surface area contributed by atoms with Crippen LogP contribution in [0.3, 0.4) is 0 Å². The lowest BCUT2D eigenvalue weighted by Crippen LogP contribution is -2.48. The molecule has 9 nitrogen and oxygen atoms in total. The number of halogens is 1. The Morgan fingerprint density at radius 3 is 2.76 bits per heavy atom. The van der Waals surface area contributed by atoms with Gasteiger partial charge in [0.1, 0.15) is 12.4 Å². The smallest absolute Gasteiger partial charge is 0.251 e. The number of nitrogens with one attached hydrogen (secondary N) is 3. The van der Waals surface area contributed by atoms with Crippen molar-refractivity contribution in [3.8, 4) is 0 Å². The number of carbonyl (C=O) groups excluding carboxylic acids is 1. The number of amides is 1. The van der Waals surface area contributed by atoms with E-state index in [-0.39, 0.29) is 35.9 Å². The number of methoxy groups -OCH3 is 1. The minimum Gasteiger partial charge on any atom is -0.377 e. The number of aryl methyl sites for hydroxylation is 1. The van der Waals surface area contributed by atoms with Crippen LogP contribution in [0.2, 0.25) is 0 Å². The van der Waals surface area contributed by atoms with E-state index in [1.807, 2.05) is 22.9 Å². The average Bonchev–Trinajstić information content (AvgIpc) is 3.12. The summed E-state index contributed by atoms with van der Waals surface area (Å²) in [6, 6.07) is 9.39. The van der Waals surface area contributed by atoms with Gasteiger partial charge in [-0.3, -0.25) is 9.79 Å². The van der Waals surface area contributed by atoms with Crippen LogP contribution in [0.15, 0.2) is 35.3 Å². The number of hydrogen-bond acceptors (Lipinski definition) is 5. The van der Waals surface area contributed by atoms with Crippen molar-refractivity contribution in [1.82, 2.24) is 30.7 Å². The van der Waals surface area contributed by atoms with Crippen LogP contribution in [0.1, 0.15) is 28.4 Å². The first-order valence-corrected chi connectivity index (χ1v) is 9.41. The molecule has 1 unspecified atom stereocenters. The summed E-state index contributed by atoms with van der Waals surface area (Å²) in [5.41, 5.74) is 0.656. The zero-order chi connectivity index (χ0) is 19.8. The first-order valence-electron chi connectivity index (χ1n) is 9.41. The lowest BCUT2D eigenvalue weighted by atomic mass is 10.1. The monoisotopic (exact) mass is 513 g/mol. The van der Waals surface area contributed by atoms with Gasteiger partial charge in [0.2, 0.25) is 0 Å². The normalized spacial score (nSPS) is 15.8. The Kier molecular flexibility index (Phi) is 9.32. The fraction of sp³-hybridized carbons (Fsp3) is 0.474. The highest BCUT2D eigenvalue weighted by Crippen LogP contribution is 2.13. The molecule has 0 saturated heterocycles. The summed E-state index contributed by atoms with van der Waals surface area (Å²) < 4.78 is 7.03. The van der Waals surface area contributed by atoms with E-state index in [1.54, 1.807) is 26.3 Å². The predicted molar refractivity (Wildman–Crippen MR) is 122 cm³/mol. The van der Waals surface area contributed by atoms with Crippen molar-refractivity contribution < 1.29 is 9.53 Å². The number of ether oxygens (including phenoxy) is 1. The number of hydrogen-bond donors (Lipinski definition) is 3. The van der Waals surface area contributed by atoms with E-state index in [0.717, 1.165) is 31.0 Å². The van der Waals surface area contributed by atoms with Crippen LogP contribution in [-0.2, 0) is 24.3 Å². The molecule has 3 rings (SSSR count). The number of fused-ring (bicyclic) bond motifs is 1. The Labute approximate surface area is 187 Å². The Balaban J connectivity index is 0.00000300. The Morgan fingerprint density at radius 2 is 2.03 bits per heavy atom. The third kappa shape index (κ3) is 6.67. The van der Waals surface area contributed by atoms with Crippen molar-refractivity contribution in [1.29, 1.82) is 0 Å². The molecular formula is C19H28IN7O2. The summed E-state index contributed by atoms with van der Waals surface area (Å²) in [5.74, 6) is 2.34. The summed E-state index contributed by atoms with van der Waals surface area (Å²) in [6.45, 7) is 2.25. The van der Waals surface area contributed by atoms with Crippen LogP contribution >= 0.6 is 24.0 Å². The molecule has 0 spiro atoms. The van der Waals surface area contributed by atoms with Crippen LogP contribution in [0.5, 0.6) is 0 Å². The fourth-order valence-corrected chi connectivity index (χ4v) is 3.11. The maximum Gasteiger partial charge on any atom is 0.251 e. The van der Waals surface area contributed by atoms with E-state index in [0.29, 0.717) is 31.2 Å². The third-order valence-corrected chi connectivity index (χ3v) is 4.48. The molecule has 1 aromatic carbocycles. The van der Waals surface area contributed by atoms with Gasteiger partial charge in [0, 0.05) is 45.3 Å². The number of nitrogens with zero attached hydrogens (tertiary/aromatic N) is 4. The van der Waals surface area contributed by atoms with Crippen molar-refractivity contribution in [3.05, 3.63) is 47.5 Å². The predicted octanol–water partition coefficient (Wildman–Crippen LogP) is 0.952. The lowest BCUT2D eigenvalue weighted by molar-refractivity contribution is 0.0954. The molecule has 1 amide bonds. The van der Waals surface area contributed by atoms with Gasteiger partial charge in [-0.25, -0.2) is 9.67 Å². The molecule has 0 fully saturated rings. The van der Waals surface area contributed by atoms with E-state index >= 15 is 0 Å². The average molecular weight is 513 g/mol. The van der Waals surface area contributed by atoms with E-state index in [2.05, 4.69) is 31.0 Å². The molecule has 158 valence electrons. The minimum absolute atomic E-state index is 0. The van der Waals surface area contributed by atoms with Crippen LogP contribution in [0, 0.1) is 0 Å². The van der Waals surface area contributed by atoms with Crippen molar-refractivity contribution in [3.63, 3.8) is 0 Å². The maximum atomic E-state index is 12.0. The van der Waals surface area contributed by atoms with Crippen molar-refractivity contribution in [2.45, 2.75) is 32.0 Å². The molecule has 10 heteroatoms. The standard InChI is InChI=1S/C19H27N7O2.HI/c1-20-19(22-11-10-21-18(27)14-6-4-3-5-7-14)23-15-8-9-17-24-16(13-28-2)25-26(17)12-15;/h3-7,15H,8-13H2,1-2H3,(H,21,27)(H2,20,22,23);1H. The van der Waals surface area contributed by atoms with Crippen molar-refractivity contribution >= 4 is 35.8 Å². The minimum atomic E-state index is -0.0804. The topological polar surface area (TPSA) is 105 Å². The van der Waals surface area contributed by atoms with Gasteiger partial charge in [-0.05, 0) is 18.6 Å². The van der Waals surface area contributed by atoms with Gasteiger partial charge in [-0.15, -0.1) is 24.0 Å². The first kappa shape index (κ1) is 23.1. The summed E-state index contributed by atoms with van der Waals surface area (Å²) in [7, 11) is 3.38. The van der Waals surface area contributed by atoms with Gasteiger partial charge in [0.25, 0.3) is 5.91 Å². The molecular weight excluding hydrogens is 485 g/mol. The van der Waals surface area contributed by atoms with Crippen LogP contribution < -0.4 is 16.0 Å². The second-order valence-corrected chi connectivity index (χ2v) is 6.56. The fourth-order valence-electron chi connectivity index (χ4n) is 3.11. The highest BCUT2D eigenvalue weighted by Gasteiger charge is 2.22. The SMILES string of the molecule is CN=C(NCCNC(=O)c1ccccc1)NC1CCc2nc(COC)nn2C1.I. The van der Waals surface area contributed by atoms with Crippen molar-refractivity contribution in [2.24, 2.45) is 4.99 Å². The number of aromatic nitrogens is 3. The number of rotatable bonds is 7. The molecule has 1 aliphatic rings. The highest BCUT2D eigenvalue weighted by molar-refractivity contribution is 14.0. The number of guanidine groups is 1. The molecule has 2 aromatic rings. The van der Waals surface area contributed by atoms with Gasteiger partial charge in [-0.1, -0.05) is 18.2 Å². The first-order chi connectivity index (χ1) is 13.7. The Hall–Kier alpha value is -2.21. The molecule has 3 N–H and O–H groups in total. The highest BCUT2D eigenvalue weighted by atomic mass is 127. The van der Waals surface area contributed by atoms with Gasteiger partial charge in [0.05, 0.1) is 6.54 Å². The molecule has 1 atom stereocenters. The van der Waals surface area contributed by atoms with Gasteiger partial charge in [0.15, 0.2) is 11.8 Å². The Morgan fingerprint density at radius 1 is 1.28 bits per heavy atom. The molecule has 0 saturated carbocycles. The zero-order valence-electron chi connectivity index (χ0n) is 16.7. The summed E-state index contributed by atoms with van der Waals surface area (Å²) >= 11 is 0. The molecule has 0 bridgehead atoms. The molecule has 29 heavy (non-hydrogen) atoms. The largest absolute Gasteiger partial charge is 0.377 e. The summed E-state index contributed by atoms with van der Waals surface area (Å²) in [5, 5.41) is 14.0. The quantitative estimate of drug-likeness (QED) is 0.221. The maximum absolute atomic E-state index is 12.0. The van der Waals surface area contributed by atoms with E-state index < -0.39 is 0 Å².